The van der Waals surface area contributed by atoms with Crippen molar-refractivity contribution in [3.05, 3.63) is 23.8 Å². The van der Waals surface area contributed by atoms with Crippen molar-refractivity contribution in [1.29, 1.82) is 0 Å². The topological polar surface area (TPSA) is 63.6 Å². The Morgan fingerprint density at radius 1 is 1.21 bits per heavy atom. The lowest BCUT2D eigenvalue weighted by atomic mass is 9.60. The molecular weight excluding hydrogens is 424 g/mol. The van der Waals surface area contributed by atoms with Gasteiger partial charge < -0.3 is 9.84 Å². The number of allylic oxidation sites excluding steroid dienone is 3. The van der Waals surface area contributed by atoms with E-state index < -0.39 is 11.7 Å². The van der Waals surface area contributed by atoms with E-state index in [1.807, 2.05) is 13.8 Å². The summed E-state index contributed by atoms with van der Waals surface area (Å²) in [6.07, 6.45) is 14.3. The van der Waals surface area contributed by atoms with Crippen LogP contribution in [0.5, 0.6) is 0 Å². The number of carbonyl (C=O) groups excluding carboxylic acids is 2. The first kappa shape index (κ1) is 25.7. The number of hydrogen-bond donors (Lipinski definition) is 1. The van der Waals surface area contributed by atoms with Crippen LogP contribution in [0, 0.1) is 46.3 Å². The number of hydrogen-bond acceptors (Lipinski definition) is 4. The third kappa shape index (κ3) is 4.33. The van der Waals surface area contributed by atoms with Gasteiger partial charge in [-0.15, -0.1) is 0 Å². The van der Waals surface area contributed by atoms with Crippen LogP contribution in [0.4, 0.5) is 0 Å². The van der Waals surface area contributed by atoms with Crippen LogP contribution >= 0.6 is 0 Å². The van der Waals surface area contributed by atoms with Crippen molar-refractivity contribution in [3.8, 4) is 0 Å². The Kier molecular flexibility index (Phi) is 6.72. The van der Waals surface area contributed by atoms with Crippen LogP contribution in [0.3, 0.4) is 0 Å². The van der Waals surface area contributed by atoms with Crippen LogP contribution in [-0.2, 0) is 14.3 Å². The van der Waals surface area contributed by atoms with Gasteiger partial charge in [-0.05, 0) is 93.8 Å². The number of Topliss-reactive ketones (excluding diaryl/α,β-unsaturated/α-hetero) is 1. The molecule has 4 saturated carbocycles. The Morgan fingerprint density at radius 3 is 2.56 bits per heavy atom. The number of rotatable bonds is 7. The predicted octanol–water partition coefficient (Wildman–Crippen LogP) is 6.28. The molecule has 190 valence electrons. The van der Waals surface area contributed by atoms with Gasteiger partial charge in [-0.1, -0.05) is 51.5 Å². The summed E-state index contributed by atoms with van der Waals surface area (Å²) >= 11 is 0. The van der Waals surface area contributed by atoms with E-state index in [-0.39, 0.29) is 29.0 Å². The molecule has 9 atom stereocenters. The fourth-order valence-corrected chi connectivity index (χ4v) is 8.02. The zero-order valence-corrected chi connectivity index (χ0v) is 22.4. The lowest BCUT2D eigenvalue weighted by Gasteiger charge is -2.44. The average Bonchev–Trinajstić information content (AvgIpc) is 3.25. The monoisotopic (exact) mass is 470 g/mol. The molecule has 0 aromatic heterocycles. The zero-order valence-electron chi connectivity index (χ0n) is 22.4. The van der Waals surface area contributed by atoms with Crippen LogP contribution in [0.1, 0.15) is 93.4 Å². The number of ether oxygens (including phenoxy) is 1. The maximum absolute atomic E-state index is 13.2. The summed E-state index contributed by atoms with van der Waals surface area (Å²) in [4.78, 5) is 24.6. The Balaban J connectivity index is 1.48. The second-order valence-corrected chi connectivity index (χ2v) is 13.0. The second kappa shape index (κ2) is 8.91. The largest absolute Gasteiger partial charge is 0.455 e. The van der Waals surface area contributed by atoms with Crippen molar-refractivity contribution in [1.82, 2.24) is 0 Å². The molecule has 4 aliphatic carbocycles. The summed E-state index contributed by atoms with van der Waals surface area (Å²) in [6.45, 7) is 14.3. The normalized spacial score (nSPS) is 41.3. The van der Waals surface area contributed by atoms with Gasteiger partial charge in [0.05, 0.1) is 5.60 Å². The van der Waals surface area contributed by atoms with E-state index >= 15 is 0 Å². The number of aliphatic hydroxyl groups is 1. The molecule has 1 N–H and O–H groups in total. The first-order valence-corrected chi connectivity index (χ1v) is 13.6. The molecule has 0 amide bonds. The minimum Gasteiger partial charge on any atom is -0.455 e. The minimum absolute atomic E-state index is 0.133. The summed E-state index contributed by atoms with van der Waals surface area (Å²) in [5.41, 5.74) is 0.893. The quantitative estimate of drug-likeness (QED) is 0.351. The van der Waals surface area contributed by atoms with Crippen molar-refractivity contribution < 1.29 is 19.4 Å². The molecule has 0 heterocycles. The molecule has 0 aromatic carbocycles. The molecule has 4 fully saturated rings. The summed E-state index contributed by atoms with van der Waals surface area (Å²) in [5.74, 6) is 2.29. The van der Waals surface area contributed by atoms with Gasteiger partial charge in [0.2, 0.25) is 0 Å². The van der Waals surface area contributed by atoms with Crippen LogP contribution in [0.2, 0.25) is 0 Å². The van der Waals surface area contributed by atoms with E-state index in [0.29, 0.717) is 35.5 Å². The summed E-state index contributed by atoms with van der Waals surface area (Å²) in [6, 6.07) is 0. The van der Waals surface area contributed by atoms with Crippen molar-refractivity contribution in [2.45, 2.75) is 105 Å². The Bertz CT molecular complexity index is 879. The van der Waals surface area contributed by atoms with E-state index in [0.717, 1.165) is 12.8 Å². The van der Waals surface area contributed by atoms with Crippen LogP contribution < -0.4 is 0 Å². The van der Waals surface area contributed by atoms with E-state index in [1.165, 1.54) is 32.6 Å². The first-order valence-electron chi connectivity index (χ1n) is 13.6. The molecule has 4 aliphatic rings. The molecule has 0 radical (unpaired) electrons. The van der Waals surface area contributed by atoms with Crippen molar-refractivity contribution in [3.63, 3.8) is 0 Å². The molecule has 0 bridgehead atoms. The minimum atomic E-state index is -0.693. The highest BCUT2D eigenvalue weighted by Crippen LogP contribution is 2.67. The van der Waals surface area contributed by atoms with Gasteiger partial charge in [-0.2, -0.15) is 0 Å². The lowest BCUT2D eigenvalue weighted by molar-refractivity contribution is -0.153. The van der Waals surface area contributed by atoms with Crippen LogP contribution in [0.25, 0.3) is 0 Å². The van der Waals surface area contributed by atoms with E-state index in [9.17, 15) is 14.7 Å². The standard InChI is InChI=1S/C30H46O4/c1-18(10-11-19(2)28(5,6)33)24-12-13-25-22(9-8-14-29(24,25)7)15-20(3)30-17-23(30)16-26(27(30)32)34-21(4)31/h10-11,15,18-20,23-26,33H,8-9,12-14,16-17H2,1-7H3/b11-10+,22-15+/t18-,19+,20?,23?,24?,25+,26+,29-,30?/m1/s1. The summed E-state index contributed by atoms with van der Waals surface area (Å²) in [5, 5.41) is 10.3. The van der Waals surface area contributed by atoms with Crippen molar-refractivity contribution in [2.24, 2.45) is 46.3 Å². The fourth-order valence-electron chi connectivity index (χ4n) is 8.02. The van der Waals surface area contributed by atoms with E-state index in [1.54, 1.807) is 5.57 Å². The van der Waals surface area contributed by atoms with E-state index in [2.05, 4.69) is 45.9 Å². The van der Waals surface area contributed by atoms with Gasteiger partial charge in [0.15, 0.2) is 11.9 Å². The Morgan fingerprint density at radius 2 is 1.91 bits per heavy atom. The van der Waals surface area contributed by atoms with E-state index in [4.69, 9.17) is 4.74 Å². The Labute approximate surface area is 206 Å². The van der Waals surface area contributed by atoms with Gasteiger partial charge in [-0.25, -0.2) is 0 Å². The SMILES string of the molecule is CC(=O)O[C@H]1CC2CC2(C(C)/C=C2\CCC[C@]3(C)C([C@H](C)/C=C/[C@H](C)C(C)(C)O)CC[C@@H]23)C1=O. The van der Waals surface area contributed by atoms with Gasteiger partial charge in [-0.3, -0.25) is 9.59 Å². The van der Waals surface area contributed by atoms with Gasteiger partial charge in [0, 0.05) is 18.3 Å². The molecule has 4 unspecified atom stereocenters. The maximum atomic E-state index is 13.2. The predicted molar refractivity (Wildman–Crippen MR) is 135 cm³/mol. The van der Waals surface area contributed by atoms with Gasteiger partial charge in [0.1, 0.15) is 0 Å². The first-order chi connectivity index (χ1) is 15.8. The highest BCUT2D eigenvalue weighted by atomic mass is 16.5. The third-order valence-corrected chi connectivity index (χ3v) is 10.5. The zero-order chi connectivity index (χ0) is 25.1. The molecule has 4 rings (SSSR count). The fraction of sp³-hybridized carbons (Fsp3) is 0.800. The Hall–Kier alpha value is -1.42. The highest BCUT2D eigenvalue weighted by Gasteiger charge is 2.69. The molecule has 0 spiro atoms. The number of carbonyl (C=O) groups is 2. The number of ketones is 1. The van der Waals surface area contributed by atoms with Crippen LogP contribution in [-0.4, -0.2) is 28.6 Å². The number of esters is 1. The van der Waals surface area contributed by atoms with Gasteiger partial charge in [0.25, 0.3) is 0 Å². The highest BCUT2D eigenvalue weighted by molar-refractivity contribution is 5.96. The molecule has 0 saturated heterocycles. The van der Waals surface area contributed by atoms with Crippen LogP contribution in [0.15, 0.2) is 23.8 Å². The third-order valence-electron chi connectivity index (χ3n) is 10.5. The molecule has 0 aliphatic heterocycles. The van der Waals surface area contributed by atoms with Crippen molar-refractivity contribution >= 4 is 11.8 Å². The molecule has 0 aromatic rings. The number of fused-ring (bicyclic) bond motifs is 2. The lowest BCUT2D eigenvalue weighted by Crippen LogP contribution is -2.36. The van der Waals surface area contributed by atoms with Gasteiger partial charge >= 0.3 is 5.97 Å². The summed E-state index contributed by atoms with van der Waals surface area (Å²) < 4.78 is 5.34. The van der Waals surface area contributed by atoms with Crippen molar-refractivity contribution in [2.75, 3.05) is 0 Å². The molecular formula is C30H46O4. The smallest absolute Gasteiger partial charge is 0.303 e. The molecule has 4 nitrogen and oxygen atoms in total. The molecule has 4 heteroatoms. The summed E-state index contributed by atoms with van der Waals surface area (Å²) in [7, 11) is 0. The second-order valence-electron chi connectivity index (χ2n) is 13.0. The average molecular weight is 471 g/mol. The molecule has 34 heavy (non-hydrogen) atoms. The maximum Gasteiger partial charge on any atom is 0.303 e.